The lowest BCUT2D eigenvalue weighted by Crippen LogP contribution is -2.10. The van der Waals surface area contributed by atoms with Gasteiger partial charge in [0, 0.05) is 13.0 Å². The van der Waals surface area contributed by atoms with Crippen molar-refractivity contribution in [3.63, 3.8) is 0 Å². The van der Waals surface area contributed by atoms with Gasteiger partial charge in [-0.1, -0.05) is 26.7 Å². The molecule has 4 heteroatoms. The quantitative estimate of drug-likeness (QED) is 0.824. The van der Waals surface area contributed by atoms with E-state index < -0.39 is 0 Å². The summed E-state index contributed by atoms with van der Waals surface area (Å²) in [6.07, 6.45) is 5.19. The first-order valence-corrected chi connectivity index (χ1v) is 6.53. The Morgan fingerprint density at radius 1 is 1.47 bits per heavy atom. The Bertz CT molecular complexity index is 329. The first-order chi connectivity index (χ1) is 7.15. The Balaban J connectivity index is 1.99. The second-order valence-corrected chi connectivity index (χ2v) is 5.56. The lowest BCUT2D eigenvalue weighted by Gasteiger charge is -2.07. The molecule has 0 spiro atoms. The predicted molar refractivity (Wildman–Crippen MR) is 63.6 cm³/mol. The van der Waals surface area contributed by atoms with Gasteiger partial charge in [0.25, 0.3) is 0 Å². The number of aryl methyl sites for hydroxylation is 1. The molecule has 15 heavy (non-hydrogen) atoms. The smallest absolute Gasteiger partial charge is 0.217 e. The molecular weight excluding hydrogens is 254 g/mol. The van der Waals surface area contributed by atoms with E-state index in [0.717, 1.165) is 29.4 Å². The third-order valence-corrected chi connectivity index (χ3v) is 3.07. The minimum Gasteiger partial charge on any atom is -0.249 e. The summed E-state index contributed by atoms with van der Waals surface area (Å²) in [4.78, 5) is 4.43. The topological polar surface area (TPSA) is 30.7 Å². The van der Waals surface area contributed by atoms with Crippen LogP contribution in [0, 0.1) is 11.8 Å². The van der Waals surface area contributed by atoms with Crippen molar-refractivity contribution >= 4 is 15.9 Å². The zero-order valence-electron chi connectivity index (χ0n) is 9.41. The molecule has 0 radical (unpaired) electrons. The highest BCUT2D eigenvalue weighted by molar-refractivity contribution is 9.10. The second-order valence-electron chi connectivity index (χ2n) is 4.86. The SMILES string of the molecule is CC(C)Cn1nc(Br)nc1CCC1CC1. The number of rotatable bonds is 5. The molecule has 0 saturated heterocycles. The van der Waals surface area contributed by atoms with Crippen LogP contribution in [-0.2, 0) is 13.0 Å². The molecule has 0 amide bonds. The predicted octanol–water partition coefficient (Wildman–Crippen LogP) is 3.04. The summed E-state index contributed by atoms with van der Waals surface area (Å²) in [5.41, 5.74) is 0. The molecule has 1 saturated carbocycles. The average molecular weight is 272 g/mol. The van der Waals surface area contributed by atoms with Crippen molar-refractivity contribution in [1.29, 1.82) is 0 Å². The zero-order chi connectivity index (χ0) is 10.8. The lowest BCUT2D eigenvalue weighted by atomic mass is 10.2. The average Bonchev–Trinajstić information content (AvgIpc) is 2.89. The highest BCUT2D eigenvalue weighted by atomic mass is 79.9. The van der Waals surface area contributed by atoms with Gasteiger partial charge in [-0.15, -0.1) is 5.10 Å². The summed E-state index contributed by atoms with van der Waals surface area (Å²) in [7, 11) is 0. The van der Waals surface area contributed by atoms with Gasteiger partial charge in [0.1, 0.15) is 5.82 Å². The van der Waals surface area contributed by atoms with Gasteiger partial charge in [-0.3, -0.25) is 0 Å². The van der Waals surface area contributed by atoms with Crippen LogP contribution in [0.25, 0.3) is 0 Å². The van der Waals surface area contributed by atoms with Crippen molar-refractivity contribution in [2.75, 3.05) is 0 Å². The first kappa shape index (κ1) is 11.1. The molecule has 0 aliphatic heterocycles. The number of aromatic nitrogens is 3. The van der Waals surface area contributed by atoms with Gasteiger partial charge < -0.3 is 0 Å². The fraction of sp³-hybridized carbons (Fsp3) is 0.818. The monoisotopic (exact) mass is 271 g/mol. The van der Waals surface area contributed by atoms with E-state index in [9.17, 15) is 0 Å². The van der Waals surface area contributed by atoms with Gasteiger partial charge in [0.05, 0.1) is 0 Å². The van der Waals surface area contributed by atoms with Crippen LogP contribution in [0.3, 0.4) is 0 Å². The molecule has 0 atom stereocenters. The van der Waals surface area contributed by atoms with E-state index >= 15 is 0 Å². The maximum atomic E-state index is 4.43. The summed E-state index contributed by atoms with van der Waals surface area (Å²) in [6.45, 7) is 5.39. The van der Waals surface area contributed by atoms with Crippen molar-refractivity contribution < 1.29 is 0 Å². The van der Waals surface area contributed by atoms with Gasteiger partial charge in [0.2, 0.25) is 4.73 Å². The molecule has 1 aliphatic carbocycles. The van der Waals surface area contributed by atoms with Crippen molar-refractivity contribution in [2.24, 2.45) is 11.8 Å². The zero-order valence-corrected chi connectivity index (χ0v) is 11.0. The normalized spacial score (nSPS) is 16.3. The maximum absolute atomic E-state index is 4.43. The van der Waals surface area contributed by atoms with E-state index in [1.165, 1.54) is 19.3 Å². The van der Waals surface area contributed by atoms with Gasteiger partial charge in [-0.25, -0.2) is 9.67 Å². The van der Waals surface area contributed by atoms with Crippen molar-refractivity contribution in [2.45, 2.75) is 46.1 Å². The van der Waals surface area contributed by atoms with E-state index in [-0.39, 0.29) is 0 Å². The molecular formula is C11H18BrN3. The second kappa shape index (κ2) is 4.64. The first-order valence-electron chi connectivity index (χ1n) is 5.74. The van der Waals surface area contributed by atoms with Gasteiger partial charge in [0.15, 0.2) is 0 Å². The van der Waals surface area contributed by atoms with Crippen molar-refractivity contribution in [1.82, 2.24) is 14.8 Å². The van der Waals surface area contributed by atoms with E-state index in [4.69, 9.17) is 0 Å². The Morgan fingerprint density at radius 2 is 2.20 bits per heavy atom. The number of hydrogen-bond donors (Lipinski definition) is 0. The van der Waals surface area contributed by atoms with Gasteiger partial charge >= 0.3 is 0 Å². The standard InChI is InChI=1S/C11H18BrN3/c1-8(2)7-15-10(13-11(12)14-15)6-5-9-3-4-9/h8-9H,3-7H2,1-2H3. The van der Waals surface area contributed by atoms with Crippen LogP contribution in [0.4, 0.5) is 0 Å². The molecule has 0 unspecified atom stereocenters. The van der Waals surface area contributed by atoms with E-state index in [2.05, 4.69) is 44.5 Å². The molecule has 1 aromatic heterocycles. The molecule has 1 fully saturated rings. The van der Waals surface area contributed by atoms with Crippen LogP contribution in [-0.4, -0.2) is 14.8 Å². The van der Waals surface area contributed by atoms with Gasteiger partial charge in [-0.05, 0) is 34.2 Å². The van der Waals surface area contributed by atoms with E-state index in [1.807, 2.05) is 0 Å². The Labute approximate surface area is 99.4 Å². The Hall–Kier alpha value is -0.380. The third kappa shape index (κ3) is 3.30. The number of hydrogen-bond acceptors (Lipinski definition) is 2. The van der Waals surface area contributed by atoms with E-state index in [1.54, 1.807) is 0 Å². The van der Waals surface area contributed by atoms with Gasteiger partial charge in [-0.2, -0.15) is 0 Å². The summed E-state index contributed by atoms with van der Waals surface area (Å²) >= 11 is 3.35. The maximum Gasteiger partial charge on any atom is 0.217 e. The number of nitrogens with zero attached hydrogens (tertiary/aromatic N) is 3. The highest BCUT2D eigenvalue weighted by Gasteiger charge is 2.22. The minimum atomic E-state index is 0.623. The fourth-order valence-corrected chi connectivity index (χ4v) is 2.16. The Kier molecular flexibility index (Phi) is 3.44. The van der Waals surface area contributed by atoms with Crippen LogP contribution in [0.5, 0.6) is 0 Å². The minimum absolute atomic E-state index is 0.623. The highest BCUT2D eigenvalue weighted by Crippen LogP contribution is 2.33. The van der Waals surface area contributed by atoms with E-state index in [0.29, 0.717) is 5.92 Å². The summed E-state index contributed by atoms with van der Waals surface area (Å²) in [5, 5.41) is 4.37. The summed E-state index contributed by atoms with van der Waals surface area (Å²) < 4.78 is 2.78. The summed E-state index contributed by atoms with van der Waals surface area (Å²) in [5.74, 6) is 2.73. The number of halogens is 1. The summed E-state index contributed by atoms with van der Waals surface area (Å²) in [6, 6.07) is 0. The lowest BCUT2D eigenvalue weighted by molar-refractivity contribution is 0.460. The Morgan fingerprint density at radius 3 is 2.80 bits per heavy atom. The largest absolute Gasteiger partial charge is 0.249 e. The molecule has 1 heterocycles. The van der Waals surface area contributed by atoms with Crippen LogP contribution < -0.4 is 0 Å². The van der Waals surface area contributed by atoms with Crippen molar-refractivity contribution in [3.05, 3.63) is 10.6 Å². The fourth-order valence-electron chi connectivity index (χ4n) is 1.76. The van der Waals surface area contributed by atoms with Crippen LogP contribution in [0.2, 0.25) is 0 Å². The van der Waals surface area contributed by atoms with Crippen LogP contribution in [0.1, 0.15) is 38.9 Å². The molecule has 1 aromatic rings. The third-order valence-electron chi connectivity index (χ3n) is 2.73. The molecule has 84 valence electrons. The molecule has 0 N–H and O–H groups in total. The van der Waals surface area contributed by atoms with Crippen LogP contribution >= 0.6 is 15.9 Å². The molecule has 1 aliphatic rings. The molecule has 3 nitrogen and oxygen atoms in total. The molecule has 0 aromatic carbocycles. The van der Waals surface area contributed by atoms with Crippen LogP contribution in [0.15, 0.2) is 4.73 Å². The van der Waals surface area contributed by atoms with Crippen molar-refractivity contribution in [3.8, 4) is 0 Å². The molecule has 2 rings (SSSR count). The molecule has 0 bridgehead atoms.